The van der Waals surface area contributed by atoms with Gasteiger partial charge in [-0.15, -0.1) is 0 Å². The summed E-state index contributed by atoms with van der Waals surface area (Å²) < 4.78 is 54.1. The molecule has 1 aromatic carbocycles. The quantitative estimate of drug-likeness (QED) is 0.470. The Balaban J connectivity index is 1.68. The summed E-state index contributed by atoms with van der Waals surface area (Å²) in [5, 5.41) is 2.68. The van der Waals surface area contributed by atoms with Crippen LogP contribution in [0.1, 0.15) is 45.4 Å². The number of carbonyl (C=O) groups excluding carboxylic acids is 1. The molecule has 0 unspecified atom stereocenters. The number of piperidine rings is 1. The van der Waals surface area contributed by atoms with Gasteiger partial charge in [0.05, 0.1) is 24.2 Å². The molecule has 1 amide bonds. The number of carbonyl (C=O) groups is 1. The van der Waals surface area contributed by atoms with E-state index in [0.29, 0.717) is 17.2 Å². The second-order valence-corrected chi connectivity index (χ2v) is 10.5. The predicted molar refractivity (Wildman–Crippen MR) is 126 cm³/mol. The van der Waals surface area contributed by atoms with E-state index >= 15 is 0 Å². The summed E-state index contributed by atoms with van der Waals surface area (Å²) in [7, 11) is -3.64. The van der Waals surface area contributed by atoms with Crippen molar-refractivity contribution in [2.45, 2.75) is 58.2 Å². The van der Waals surface area contributed by atoms with Gasteiger partial charge in [-0.1, -0.05) is 6.58 Å². The van der Waals surface area contributed by atoms with Gasteiger partial charge in [-0.3, -0.25) is 4.79 Å². The van der Waals surface area contributed by atoms with Gasteiger partial charge < -0.3 is 15.2 Å². The van der Waals surface area contributed by atoms with Gasteiger partial charge in [0.1, 0.15) is 23.5 Å². The molecular formula is C23H31F2N5O3S. The minimum atomic E-state index is -3.64. The van der Waals surface area contributed by atoms with Crippen molar-refractivity contribution in [2.24, 2.45) is 0 Å². The van der Waals surface area contributed by atoms with Crippen LogP contribution >= 0.6 is 0 Å². The van der Waals surface area contributed by atoms with Crippen LogP contribution in [-0.4, -0.2) is 53.6 Å². The molecule has 2 heterocycles. The molecule has 0 saturated carbocycles. The monoisotopic (exact) mass is 495 g/mol. The zero-order valence-electron chi connectivity index (χ0n) is 19.4. The van der Waals surface area contributed by atoms with E-state index in [1.54, 1.807) is 0 Å². The third-order valence-electron chi connectivity index (χ3n) is 5.95. The minimum absolute atomic E-state index is 0.0292. The average molecular weight is 496 g/mol. The van der Waals surface area contributed by atoms with Crippen LogP contribution in [0, 0.1) is 11.6 Å². The van der Waals surface area contributed by atoms with Gasteiger partial charge in [-0.2, -0.15) is 0 Å². The maximum atomic E-state index is 14.0. The molecule has 1 saturated heterocycles. The first kappa shape index (κ1) is 25.8. The predicted octanol–water partition coefficient (Wildman–Crippen LogP) is 3.06. The van der Waals surface area contributed by atoms with Gasteiger partial charge in [0, 0.05) is 36.3 Å². The number of rotatable bonds is 10. The number of imidazole rings is 1. The molecule has 1 fully saturated rings. The Morgan fingerprint density at radius 1 is 1.35 bits per heavy atom. The van der Waals surface area contributed by atoms with Crippen molar-refractivity contribution >= 4 is 15.9 Å². The lowest BCUT2D eigenvalue weighted by Gasteiger charge is -2.37. The number of halogens is 2. The Morgan fingerprint density at radius 3 is 2.79 bits per heavy atom. The van der Waals surface area contributed by atoms with Gasteiger partial charge in [-0.25, -0.2) is 26.9 Å². The normalized spacial score (nSPS) is 17.4. The summed E-state index contributed by atoms with van der Waals surface area (Å²) in [4.78, 5) is 22.1. The molecule has 186 valence electrons. The van der Waals surface area contributed by atoms with Crippen LogP contribution in [0.15, 0.2) is 36.7 Å². The number of hydrogen-bond donors (Lipinski definition) is 3. The highest BCUT2D eigenvalue weighted by Gasteiger charge is 2.28. The summed E-state index contributed by atoms with van der Waals surface area (Å²) in [5.74, 6) is -1.76. The maximum absolute atomic E-state index is 14.0. The molecule has 1 aromatic heterocycles. The molecule has 0 spiro atoms. The van der Waals surface area contributed by atoms with Crippen molar-refractivity contribution in [3.8, 4) is 11.3 Å². The van der Waals surface area contributed by atoms with Crippen LogP contribution in [0.4, 0.5) is 8.78 Å². The molecule has 3 N–H and O–H groups in total. The van der Waals surface area contributed by atoms with Crippen LogP contribution < -0.4 is 10.0 Å². The maximum Gasteiger partial charge on any atom is 0.238 e. The highest BCUT2D eigenvalue weighted by atomic mass is 32.2. The van der Waals surface area contributed by atoms with E-state index in [2.05, 4.69) is 38.4 Å². The van der Waals surface area contributed by atoms with Crippen LogP contribution in [0.3, 0.4) is 0 Å². The minimum Gasteiger partial charge on any atom is -0.373 e. The fraction of sp³-hybridized carbons (Fsp3) is 0.478. The average Bonchev–Trinajstić information content (AvgIpc) is 3.25. The number of aromatic amines is 1. The number of likely N-dealkylation sites (tertiary alicyclic amines) is 1. The van der Waals surface area contributed by atoms with E-state index < -0.39 is 33.6 Å². The number of benzene rings is 1. The van der Waals surface area contributed by atoms with Gasteiger partial charge >= 0.3 is 0 Å². The summed E-state index contributed by atoms with van der Waals surface area (Å²) in [6, 6.07) is 2.46. The third kappa shape index (κ3) is 6.63. The first-order valence-electron chi connectivity index (χ1n) is 11.3. The van der Waals surface area contributed by atoms with Crippen LogP contribution in [0.25, 0.3) is 11.3 Å². The molecule has 8 nitrogen and oxygen atoms in total. The number of nitrogens with zero attached hydrogens (tertiary/aromatic N) is 2. The van der Waals surface area contributed by atoms with E-state index in [-0.39, 0.29) is 30.3 Å². The first-order chi connectivity index (χ1) is 16.1. The Morgan fingerprint density at radius 2 is 2.12 bits per heavy atom. The second kappa shape index (κ2) is 11.1. The molecule has 11 heteroatoms. The van der Waals surface area contributed by atoms with Crippen molar-refractivity contribution in [3.05, 3.63) is 54.1 Å². The SMILES string of the molecule is C=C(C[C@H](NS(=O)(=O)CC)C(=O)NCc1ncc(-c2ccc(F)cc2F)[nH]1)N1CCCC[C@@H]1C. The van der Waals surface area contributed by atoms with Crippen LogP contribution in [-0.2, 0) is 21.4 Å². The summed E-state index contributed by atoms with van der Waals surface area (Å²) >= 11 is 0. The van der Waals surface area contributed by atoms with Gasteiger partial charge in [0.2, 0.25) is 15.9 Å². The lowest BCUT2D eigenvalue weighted by atomic mass is 10.0. The topological polar surface area (TPSA) is 107 Å². The Labute approximate surface area is 198 Å². The Hall–Kier alpha value is -2.79. The summed E-state index contributed by atoms with van der Waals surface area (Å²) in [6.45, 7) is 8.49. The highest BCUT2D eigenvalue weighted by Crippen LogP contribution is 2.24. The zero-order valence-corrected chi connectivity index (χ0v) is 20.2. The lowest BCUT2D eigenvalue weighted by molar-refractivity contribution is -0.123. The van der Waals surface area contributed by atoms with E-state index in [4.69, 9.17) is 0 Å². The number of hydrogen-bond acceptors (Lipinski definition) is 5. The fourth-order valence-corrected chi connectivity index (χ4v) is 4.79. The largest absolute Gasteiger partial charge is 0.373 e. The molecule has 1 aliphatic heterocycles. The molecule has 3 rings (SSSR count). The third-order valence-corrected chi connectivity index (χ3v) is 7.35. The van der Waals surface area contributed by atoms with Crippen molar-refractivity contribution < 1.29 is 22.0 Å². The molecule has 0 bridgehead atoms. The van der Waals surface area contributed by atoms with Crippen molar-refractivity contribution in [1.29, 1.82) is 0 Å². The highest BCUT2D eigenvalue weighted by molar-refractivity contribution is 7.89. The first-order valence-corrected chi connectivity index (χ1v) is 13.0. The summed E-state index contributed by atoms with van der Waals surface area (Å²) in [6.07, 6.45) is 4.70. The van der Waals surface area contributed by atoms with Gasteiger partial charge in [0.15, 0.2) is 0 Å². The summed E-state index contributed by atoms with van der Waals surface area (Å²) in [5.41, 5.74) is 1.18. The second-order valence-electron chi connectivity index (χ2n) is 8.47. The number of aromatic nitrogens is 2. The molecular weight excluding hydrogens is 464 g/mol. The van der Waals surface area contributed by atoms with Crippen LogP contribution in [0.2, 0.25) is 0 Å². The lowest BCUT2D eigenvalue weighted by Crippen LogP contribution is -2.48. The van der Waals surface area contributed by atoms with E-state index in [1.807, 2.05) is 0 Å². The standard InChI is InChI=1S/C23H31F2N5O3S/c1-4-34(32,33)29-20(11-16(3)30-10-6-5-7-15(30)2)23(31)27-14-22-26-13-21(28-22)18-9-8-17(24)12-19(18)25/h8-9,12-13,15,20,29H,3-7,10-11,14H2,1-2H3,(H,26,28)(H,27,31)/t15-,20-/m0/s1. The van der Waals surface area contributed by atoms with E-state index in [1.165, 1.54) is 19.2 Å². The molecule has 2 aromatic rings. The molecule has 1 aliphatic rings. The van der Waals surface area contributed by atoms with E-state index in [0.717, 1.165) is 37.9 Å². The van der Waals surface area contributed by atoms with Gasteiger partial charge in [-0.05, 0) is 45.2 Å². The fourth-order valence-electron chi connectivity index (χ4n) is 4.00. The van der Waals surface area contributed by atoms with Crippen molar-refractivity contribution in [3.63, 3.8) is 0 Å². The Kier molecular flexibility index (Phi) is 8.42. The molecule has 0 radical (unpaired) electrons. The number of H-pyrrole nitrogens is 1. The molecule has 2 atom stereocenters. The van der Waals surface area contributed by atoms with Crippen molar-refractivity contribution in [2.75, 3.05) is 12.3 Å². The molecule has 34 heavy (non-hydrogen) atoms. The molecule has 0 aliphatic carbocycles. The number of nitrogens with one attached hydrogen (secondary N) is 3. The van der Waals surface area contributed by atoms with Gasteiger partial charge in [0.25, 0.3) is 0 Å². The Bertz CT molecular complexity index is 1140. The van der Waals surface area contributed by atoms with E-state index in [9.17, 15) is 22.0 Å². The van der Waals surface area contributed by atoms with Crippen LogP contribution in [0.5, 0.6) is 0 Å². The number of sulfonamides is 1. The zero-order chi connectivity index (χ0) is 24.9. The smallest absolute Gasteiger partial charge is 0.238 e. The number of amides is 1. The van der Waals surface area contributed by atoms with Crippen molar-refractivity contribution in [1.82, 2.24) is 24.9 Å².